The molecule has 0 atom stereocenters. The van der Waals surface area contributed by atoms with Gasteiger partial charge in [-0.3, -0.25) is 10.1 Å². The molecule has 3 rings (SSSR count). The van der Waals surface area contributed by atoms with E-state index in [4.69, 9.17) is 0 Å². The van der Waals surface area contributed by atoms with Crippen LogP contribution in [0, 0.1) is 24.0 Å². The summed E-state index contributed by atoms with van der Waals surface area (Å²) in [5.41, 5.74) is 4.20. The van der Waals surface area contributed by atoms with Gasteiger partial charge in [-0.15, -0.1) is 0 Å². The first kappa shape index (κ1) is 20.6. The third-order valence-electron chi connectivity index (χ3n) is 5.51. The Morgan fingerprint density at radius 1 is 1.14 bits per heavy atom. The van der Waals surface area contributed by atoms with Crippen LogP contribution in [0.3, 0.4) is 0 Å². The van der Waals surface area contributed by atoms with E-state index in [9.17, 15) is 14.9 Å². The number of non-ortho nitro benzene ring substituents is 1. The van der Waals surface area contributed by atoms with Gasteiger partial charge in [-0.05, 0) is 43.2 Å². The summed E-state index contributed by atoms with van der Waals surface area (Å²) in [6.07, 6.45) is 0. The Hall–Kier alpha value is -3.13. The Bertz CT molecular complexity index is 861. The van der Waals surface area contributed by atoms with Crippen molar-refractivity contribution in [2.45, 2.75) is 13.8 Å². The minimum atomic E-state index is -0.380. The number of quaternary nitrogens is 1. The number of aryl methyl sites for hydroxylation is 1. The van der Waals surface area contributed by atoms with Gasteiger partial charge in [-0.2, -0.15) is 0 Å². The molecule has 1 fully saturated rings. The third kappa shape index (κ3) is 5.45. The number of piperazine rings is 1. The molecule has 0 aromatic heterocycles. The van der Waals surface area contributed by atoms with Gasteiger partial charge in [0.1, 0.15) is 0 Å². The monoisotopic (exact) mass is 398 g/mol. The highest BCUT2D eigenvalue weighted by Crippen LogP contribution is 2.19. The van der Waals surface area contributed by atoms with E-state index >= 15 is 0 Å². The van der Waals surface area contributed by atoms with Gasteiger partial charge in [0.15, 0.2) is 0 Å². The lowest BCUT2D eigenvalue weighted by atomic mass is 10.1. The van der Waals surface area contributed by atoms with Crippen molar-refractivity contribution in [1.82, 2.24) is 5.32 Å². The maximum atomic E-state index is 12.1. The van der Waals surface area contributed by atoms with E-state index in [1.165, 1.54) is 4.90 Å². The molecular weight excluding hydrogens is 370 g/mol. The van der Waals surface area contributed by atoms with Crippen molar-refractivity contribution in [2.75, 3.05) is 49.5 Å². The fourth-order valence-electron chi connectivity index (χ4n) is 3.52. The average Bonchev–Trinajstić information content (AvgIpc) is 2.72. The summed E-state index contributed by atoms with van der Waals surface area (Å²) in [6.45, 7) is 9.23. The summed E-state index contributed by atoms with van der Waals surface area (Å²) >= 11 is 0. The van der Waals surface area contributed by atoms with Gasteiger partial charge < -0.3 is 20.4 Å². The molecule has 1 heterocycles. The van der Waals surface area contributed by atoms with Crippen molar-refractivity contribution in [3.8, 4) is 0 Å². The molecule has 0 spiro atoms. The van der Waals surface area contributed by atoms with Crippen molar-refractivity contribution < 1.29 is 14.6 Å². The van der Waals surface area contributed by atoms with E-state index in [1.54, 1.807) is 12.1 Å². The topological polar surface area (TPSA) is 92.0 Å². The molecule has 8 nitrogen and oxygen atoms in total. The molecule has 2 aromatic carbocycles. The molecule has 0 unspecified atom stereocenters. The Labute approximate surface area is 170 Å². The number of benzene rings is 2. The van der Waals surface area contributed by atoms with Crippen LogP contribution < -0.4 is 20.4 Å². The van der Waals surface area contributed by atoms with Crippen molar-refractivity contribution in [1.29, 1.82) is 0 Å². The van der Waals surface area contributed by atoms with Crippen LogP contribution in [-0.2, 0) is 0 Å². The van der Waals surface area contributed by atoms with Crippen LogP contribution in [0.5, 0.6) is 0 Å². The second-order valence-electron chi connectivity index (χ2n) is 7.39. The first-order chi connectivity index (χ1) is 13.9. The van der Waals surface area contributed by atoms with Crippen LogP contribution in [0.1, 0.15) is 11.1 Å². The van der Waals surface area contributed by atoms with Crippen LogP contribution in [0.2, 0.25) is 0 Å². The van der Waals surface area contributed by atoms with Gasteiger partial charge in [-0.1, -0.05) is 12.1 Å². The van der Waals surface area contributed by atoms with Crippen molar-refractivity contribution in [2.24, 2.45) is 0 Å². The molecule has 0 radical (unpaired) electrons. The highest BCUT2D eigenvalue weighted by Gasteiger charge is 2.20. The number of nitrogens with one attached hydrogen (secondary N) is 3. The van der Waals surface area contributed by atoms with Crippen molar-refractivity contribution >= 4 is 23.1 Å². The lowest BCUT2D eigenvalue weighted by molar-refractivity contribution is -0.899. The zero-order valence-electron chi connectivity index (χ0n) is 16.9. The van der Waals surface area contributed by atoms with Crippen LogP contribution in [0.25, 0.3) is 0 Å². The molecule has 1 aliphatic heterocycles. The van der Waals surface area contributed by atoms with Gasteiger partial charge in [-0.25, -0.2) is 4.79 Å². The van der Waals surface area contributed by atoms with E-state index in [1.807, 2.05) is 44.2 Å². The van der Waals surface area contributed by atoms with Crippen LogP contribution in [0.15, 0.2) is 42.5 Å². The maximum absolute atomic E-state index is 12.1. The summed E-state index contributed by atoms with van der Waals surface area (Å²) in [6, 6.07) is 12.4. The van der Waals surface area contributed by atoms with Crippen LogP contribution in [-0.4, -0.2) is 50.2 Å². The predicted molar refractivity (Wildman–Crippen MR) is 114 cm³/mol. The molecule has 0 bridgehead atoms. The quantitative estimate of drug-likeness (QED) is 0.511. The fourth-order valence-corrected chi connectivity index (χ4v) is 3.52. The van der Waals surface area contributed by atoms with Gasteiger partial charge in [0.05, 0.1) is 44.2 Å². The molecular formula is C21H28N5O3+. The summed E-state index contributed by atoms with van der Waals surface area (Å²) in [5.74, 6) is 0. The van der Waals surface area contributed by atoms with Gasteiger partial charge in [0, 0.05) is 23.5 Å². The minimum absolute atomic E-state index is 0.114. The van der Waals surface area contributed by atoms with E-state index < -0.39 is 0 Å². The molecule has 1 aliphatic rings. The Kier molecular flexibility index (Phi) is 6.66. The van der Waals surface area contributed by atoms with Gasteiger partial charge in [0.2, 0.25) is 0 Å². The number of nitro benzene ring substituents is 1. The Balaban J connectivity index is 1.39. The van der Waals surface area contributed by atoms with E-state index in [2.05, 4.69) is 15.5 Å². The number of anilines is 2. The number of carbonyl (C=O) groups excluding carboxylic acids is 1. The van der Waals surface area contributed by atoms with E-state index in [-0.39, 0.29) is 16.6 Å². The molecule has 2 amide bonds. The second-order valence-corrected chi connectivity index (χ2v) is 7.39. The molecule has 0 saturated carbocycles. The highest BCUT2D eigenvalue weighted by atomic mass is 16.6. The van der Waals surface area contributed by atoms with Crippen molar-refractivity contribution in [3.63, 3.8) is 0 Å². The number of nitrogens with zero attached hydrogens (tertiary/aromatic N) is 2. The number of hydrogen-bond acceptors (Lipinski definition) is 4. The zero-order chi connectivity index (χ0) is 20.8. The smallest absolute Gasteiger partial charge is 0.319 e. The first-order valence-corrected chi connectivity index (χ1v) is 9.88. The number of hydrogen-bond donors (Lipinski definition) is 3. The first-order valence-electron chi connectivity index (χ1n) is 9.88. The lowest BCUT2D eigenvalue weighted by Crippen LogP contribution is -3.15. The number of carbonyl (C=O) groups is 1. The van der Waals surface area contributed by atoms with Gasteiger partial charge in [0.25, 0.3) is 5.69 Å². The number of urea groups is 1. The molecule has 3 N–H and O–H groups in total. The van der Waals surface area contributed by atoms with Gasteiger partial charge >= 0.3 is 6.03 Å². The second kappa shape index (κ2) is 9.38. The number of rotatable bonds is 6. The standard InChI is InChI=1S/C21H27N5O3/c1-16-4-3-5-20(17(16)2)23-21(27)22-10-11-24-12-14-25(15-13-24)18-6-8-19(9-7-18)26(28)29/h3-9H,10-15H2,1-2H3,(H2,22,23,27)/p+1. The van der Waals surface area contributed by atoms with E-state index in [0.29, 0.717) is 6.54 Å². The molecule has 154 valence electrons. The molecule has 8 heteroatoms. The normalized spacial score (nSPS) is 14.5. The predicted octanol–water partition coefficient (Wildman–Crippen LogP) is 1.74. The summed E-state index contributed by atoms with van der Waals surface area (Å²) in [5, 5.41) is 16.6. The minimum Gasteiger partial charge on any atom is -0.360 e. The molecule has 0 aliphatic carbocycles. The summed E-state index contributed by atoms with van der Waals surface area (Å²) in [4.78, 5) is 26.2. The third-order valence-corrected chi connectivity index (χ3v) is 5.51. The summed E-state index contributed by atoms with van der Waals surface area (Å²) < 4.78 is 0. The highest BCUT2D eigenvalue weighted by molar-refractivity contribution is 5.90. The number of nitro groups is 1. The van der Waals surface area contributed by atoms with Crippen LogP contribution in [0.4, 0.5) is 21.9 Å². The number of amides is 2. The summed E-state index contributed by atoms with van der Waals surface area (Å²) in [7, 11) is 0. The average molecular weight is 398 g/mol. The molecule has 2 aromatic rings. The van der Waals surface area contributed by atoms with Crippen LogP contribution >= 0.6 is 0 Å². The molecule has 1 saturated heterocycles. The Morgan fingerprint density at radius 2 is 1.83 bits per heavy atom. The Morgan fingerprint density at radius 3 is 2.48 bits per heavy atom. The lowest BCUT2D eigenvalue weighted by Gasteiger charge is -2.33. The fraction of sp³-hybridized carbons (Fsp3) is 0.381. The molecule has 29 heavy (non-hydrogen) atoms. The van der Waals surface area contributed by atoms with Crippen molar-refractivity contribution in [3.05, 3.63) is 63.7 Å². The van der Waals surface area contributed by atoms with E-state index in [0.717, 1.165) is 55.2 Å². The zero-order valence-corrected chi connectivity index (χ0v) is 16.9. The SMILES string of the molecule is Cc1cccc(NC(=O)NCC[NH+]2CCN(c3ccc([N+](=O)[O-])cc3)CC2)c1C. The largest absolute Gasteiger partial charge is 0.360 e. The maximum Gasteiger partial charge on any atom is 0.319 e.